The van der Waals surface area contributed by atoms with Crippen molar-refractivity contribution in [2.75, 3.05) is 5.32 Å². The summed E-state index contributed by atoms with van der Waals surface area (Å²) in [5.41, 5.74) is 1.71. The number of anilines is 1. The van der Waals surface area contributed by atoms with Crippen LogP contribution < -0.4 is 5.32 Å². The second-order valence-electron chi connectivity index (χ2n) is 4.40. The van der Waals surface area contributed by atoms with Crippen LogP contribution in [0.1, 0.15) is 10.5 Å². The van der Waals surface area contributed by atoms with Gasteiger partial charge in [0.1, 0.15) is 16.5 Å². The normalized spacial score (nSPS) is 10.6. The zero-order chi connectivity index (χ0) is 14.8. The number of halogens is 1. The summed E-state index contributed by atoms with van der Waals surface area (Å²) in [5, 5.41) is 9.03. The molecule has 1 N–H and O–H groups in total. The zero-order valence-corrected chi connectivity index (χ0v) is 11.9. The van der Waals surface area contributed by atoms with Gasteiger partial charge < -0.3 is 5.32 Å². The van der Waals surface area contributed by atoms with Crippen molar-refractivity contribution < 1.29 is 9.18 Å². The van der Waals surface area contributed by atoms with Crippen molar-refractivity contribution in [3.8, 4) is 10.6 Å². The van der Waals surface area contributed by atoms with E-state index in [0.717, 1.165) is 5.56 Å². The Morgan fingerprint density at radius 3 is 2.76 bits per heavy atom. The third-order valence-electron chi connectivity index (χ3n) is 2.79. The maximum atomic E-state index is 12.9. The summed E-state index contributed by atoms with van der Waals surface area (Å²) in [6, 6.07) is 6.01. The fraction of sp³-hybridized carbons (Fsp3) is 0.0714. The lowest BCUT2D eigenvalue weighted by Crippen LogP contribution is -2.11. The van der Waals surface area contributed by atoms with Gasteiger partial charge in [-0.05, 0) is 24.3 Å². The molecule has 0 atom stereocenters. The van der Waals surface area contributed by atoms with E-state index in [-0.39, 0.29) is 11.7 Å². The number of nitrogens with zero attached hydrogens (tertiary/aromatic N) is 3. The molecule has 0 bridgehead atoms. The highest BCUT2D eigenvalue weighted by Crippen LogP contribution is 2.24. The molecule has 3 aromatic rings. The second-order valence-corrected chi connectivity index (χ2v) is 5.26. The maximum Gasteiger partial charge on any atom is 0.275 e. The average molecular weight is 302 g/mol. The maximum absolute atomic E-state index is 12.9. The number of thiazole rings is 1. The number of amides is 1. The molecular formula is C14H11FN4OS. The lowest BCUT2D eigenvalue weighted by atomic mass is 10.2. The lowest BCUT2D eigenvalue weighted by Gasteiger charge is -1.98. The van der Waals surface area contributed by atoms with E-state index in [1.54, 1.807) is 41.6 Å². The van der Waals surface area contributed by atoms with Crippen LogP contribution in [0.3, 0.4) is 0 Å². The van der Waals surface area contributed by atoms with E-state index in [1.807, 2.05) is 0 Å². The van der Waals surface area contributed by atoms with E-state index in [2.05, 4.69) is 15.4 Å². The topological polar surface area (TPSA) is 59.8 Å². The molecule has 0 aliphatic heterocycles. The highest BCUT2D eigenvalue weighted by Gasteiger charge is 2.12. The van der Waals surface area contributed by atoms with E-state index in [4.69, 9.17) is 0 Å². The van der Waals surface area contributed by atoms with E-state index in [0.29, 0.717) is 16.4 Å². The van der Waals surface area contributed by atoms with E-state index in [9.17, 15) is 9.18 Å². The summed E-state index contributed by atoms with van der Waals surface area (Å²) in [7, 11) is 1.77. The van der Waals surface area contributed by atoms with Crippen molar-refractivity contribution in [3.63, 3.8) is 0 Å². The number of aryl methyl sites for hydroxylation is 1. The molecule has 106 valence electrons. The monoisotopic (exact) mass is 302 g/mol. The van der Waals surface area contributed by atoms with Crippen molar-refractivity contribution in [3.05, 3.63) is 53.6 Å². The molecular weight excluding hydrogens is 291 g/mol. The van der Waals surface area contributed by atoms with Crippen molar-refractivity contribution in [2.24, 2.45) is 7.05 Å². The molecule has 2 aromatic heterocycles. The van der Waals surface area contributed by atoms with Crippen LogP contribution in [-0.2, 0) is 7.05 Å². The first-order valence-corrected chi connectivity index (χ1v) is 7.01. The van der Waals surface area contributed by atoms with Gasteiger partial charge in [0.15, 0.2) is 0 Å². The van der Waals surface area contributed by atoms with Crippen LogP contribution in [0.4, 0.5) is 10.1 Å². The van der Waals surface area contributed by atoms with Crippen LogP contribution in [0.25, 0.3) is 10.6 Å². The van der Waals surface area contributed by atoms with Crippen LogP contribution in [0, 0.1) is 5.82 Å². The van der Waals surface area contributed by atoms with Gasteiger partial charge in [-0.25, -0.2) is 9.37 Å². The number of rotatable bonds is 3. The van der Waals surface area contributed by atoms with Crippen LogP contribution >= 0.6 is 11.3 Å². The summed E-state index contributed by atoms with van der Waals surface area (Å²) in [6.07, 6.45) is 3.26. The van der Waals surface area contributed by atoms with Gasteiger partial charge in [0.25, 0.3) is 5.91 Å². The molecule has 0 saturated heterocycles. The molecule has 0 aliphatic carbocycles. The number of carbonyl (C=O) groups is 1. The summed E-state index contributed by atoms with van der Waals surface area (Å²) in [5.74, 6) is -0.600. The molecule has 0 fully saturated rings. The van der Waals surface area contributed by atoms with Gasteiger partial charge in [0.2, 0.25) is 0 Å². The predicted molar refractivity (Wildman–Crippen MR) is 78.7 cm³/mol. The molecule has 5 nitrogen and oxygen atoms in total. The number of nitrogens with one attached hydrogen (secondary N) is 1. The van der Waals surface area contributed by atoms with Crippen molar-refractivity contribution in [1.29, 1.82) is 0 Å². The van der Waals surface area contributed by atoms with E-state index < -0.39 is 0 Å². The van der Waals surface area contributed by atoms with Gasteiger partial charge in [0.05, 0.1) is 11.9 Å². The highest BCUT2D eigenvalue weighted by atomic mass is 32.1. The molecule has 0 saturated carbocycles. The lowest BCUT2D eigenvalue weighted by molar-refractivity contribution is 0.102. The zero-order valence-electron chi connectivity index (χ0n) is 11.1. The Kier molecular flexibility index (Phi) is 3.49. The van der Waals surface area contributed by atoms with Crippen molar-refractivity contribution in [2.45, 2.75) is 0 Å². The van der Waals surface area contributed by atoms with Crippen molar-refractivity contribution >= 4 is 22.9 Å². The fourth-order valence-electron chi connectivity index (χ4n) is 1.78. The number of carbonyl (C=O) groups excluding carboxylic acids is 1. The summed E-state index contributed by atoms with van der Waals surface area (Å²) in [6.45, 7) is 0. The molecule has 1 aromatic carbocycles. The van der Waals surface area contributed by atoms with E-state index in [1.165, 1.54) is 23.5 Å². The number of aromatic nitrogens is 3. The molecule has 0 aliphatic rings. The predicted octanol–water partition coefficient (Wildman–Crippen LogP) is 2.94. The first-order chi connectivity index (χ1) is 10.1. The quantitative estimate of drug-likeness (QED) is 0.809. The molecule has 0 spiro atoms. The summed E-state index contributed by atoms with van der Waals surface area (Å²) < 4.78 is 14.5. The molecule has 2 heterocycles. The number of hydrogen-bond donors (Lipinski definition) is 1. The Balaban J connectivity index is 1.78. The van der Waals surface area contributed by atoms with Crippen LogP contribution in [0.15, 0.2) is 42.0 Å². The van der Waals surface area contributed by atoms with Gasteiger partial charge in [-0.2, -0.15) is 5.10 Å². The van der Waals surface area contributed by atoms with Crippen LogP contribution in [-0.4, -0.2) is 20.7 Å². The molecule has 7 heteroatoms. The third-order valence-corrected chi connectivity index (χ3v) is 3.68. The van der Waals surface area contributed by atoms with Crippen LogP contribution in [0.2, 0.25) is 0 Å². The van der Waals surface area contributed by atoms with Gasteiger partial charge in [-0.1, -0.05) is 0 Å². The van der Waals surface area contributed by atoms with Gasteiger partial charge in [0, 0.05) is 24.2 Å². The van der Waals surface area contributed by atoms with Gasteiger partial charge in [-0.3, -0.25) is 9.48 Å². The Hall–Kier alpha value is -2.54. The first kappa shape index (κ1) is 13.4. The summed E-state index contributed by atoms with van der Waals surface area (Å²) >= 11 is 1.34. The minimum Gasteiger partial charge on any atom is -0.318 e. The fourth-order valence-corrected chi connectivity index (χ4v) is 2.59. The SMILES string of the molecule is Cn1cc(NC(=O)c2csc(-c3ccc(F)cc3)n2)cn1. The average Bonchev–Trinajstić information content (AvgIpc) is 3.09. The van der Waals surface area contributed by atoms with E-state index >= 15 is 0 Å². The standard InChI is InChI=1S/C14H11FN4OS/c1-19-7-11(6-16-19)17-13(20)12-8-21-14(18-12)9-2-4-10(15)5-3-9/h2-8H,1H3,(H,17,20). The molecule has 1 amide bonds. The molecule has 0 unspecified atom stereocenters. The Bertz CT molecular complexity index is 778. The van der Waals surface area contributed by atoms with Gasteiger partial charge in [-0.15, -0.1) is 11.3 Å². The third kappa shape index (κ3) is 2.97. The molecule has 21 heavy (non-hydrogen) atoms. The Labute approximate surface area is 124 Å². The first-order valence-electron chi connectivity index (χ1n) is 6.13. The van der Waals surface area contributed by atoms with Gasteiger partial charge >= 0.3 is 0 Å². The molecule has 3 rings (SSSR count). The van der Waals surface area contributed by atoms with Crippen LogP contribution in [0.5, 0.6) is 0 Å². The second kappa shape index (κ2) is 5.45. The minimum absolute atomic E-state index is 0.299. The minimum atomic E-state index is -0.301. The molecule has 0 radical (unpaired) electrons. The number of benzene rings is 1. The largest absolute Gasteiger partial charge is 0.318 e. The summed E-state index contributed by atoms with van der Waals surface area (Å²) in [4.78, 5) is 16.3. The van der Waals surface area contributed by atoms with Crippen molar-refractivity contribution in [1.82, 2.24) is 14.8 Å². The smallest absolute Gasteiger partial charge is 0.275 e. The Morgan fingerprint density at radius 1 is 1.33 bits per heavy atom. The number of hydrogen-bond acceptors (Lipinski definition) is 4. The highest BCUT2D eigenvalue weighted by molar-refractivity contribution is 7.13. The Morgan fingerprint density at radius 2 is 2.10 bits per heavy atom.